The van der Waals surface area contributed by atoms with Crippen LogP contribution in [0.5, 0.6) is 0 Å². The molecule has 1 aromatic rings. The van der Waals surface area contributed by atoms with Crippen molar-refractivity contribution in [3.63, 3.8) is 0 Å². The molecule has 0 fully saturated rings. The fraction of sp³-hybridized carbons (Fsp3) is 0.222. The Balaban J connectivity index is 2.68. The summed E-state index contributed by atoms with van der Waals surface area (Å²) >= 11 is 3.07. The van der Waals surface area contributed by atoms with Crippen molar-refractivity contribution in [3.05, 3.63) is 34.1 Å². The molecule has 13 heavy (non-hydrogen) atoms. The van der Waals surface area contributed by atoms with E-state index in [1.165, 1.54) is 13.0 Å². The summed E-state index contributed by atoms with van der Waals surface area (Å²) in [7, 11) is 0. The molecule has 0 heterocycles. The molecule has 0 aliphatic rings. The SMILES string of the molecule is CC(=O)NCc1ccc(F)c(Br)c1. The van der Waals surface area contributed by atoms with Gasteiger partial charge in [-0.2, -0.15) is 0 Å². The van der Waals surface area contributed by atoms with Gasteiger partial charge in [0.2, 0.25) is 5.91 Å². The molecule has 2 nitrogen and oxygen atoms in total. The number of amides is 1. The van der Waals surface area contributed by atoms with Crippen LogP contribution in [-0.2, 0) is 11.3 Å². The third kappa shape index (κ3) is 3.14. The third-order valence-corrected chi connectivity index (χ3v) is 2.13. The smallest absolute Gasteiger partial charge is 0.217 e. The van der Waals surface area contributed by atoms with Crippen LogP contribution in [0.3, 0.4) is 0 Å². The Hall–Kier alpha value is -0.900. The summed E-state index contributed by atoms with van der Waals surface area (Å²) in [5.41, 5.74) is 0.864. The lowest BCUT2D eigenvalue weighted by Crippen LogP contribution is -2.18. The summed E-state index contributed by atoms with van der Waals surface area (Å²) in [6, 6.07) is 4.64. The quantitative estimate of drug-likeness (QED) is 0.851. The van der Waals surface area contributed by atoms with Gasteiger partial charge in [-0.3, -0.25) is 4.79 Å². The van der Waals surface area contributed by atoms with Crippen molar-refractivity contribution in [2.45, 2.75) is 13.5 Å². The molecule has 1 aromatic carbocycles. The molecule has 4 heteroatoms. The zero-order valence-corrected chi connectivity index (χ0v) is 8.69. The summed E-state index contributed by atoms with van der Waals surface area (Å²) in [5, 5.41) is 2.63. The molecule has 0 atom stereocenters. The second-order valence-electron chi connectivity index (χ2n) is 2.66. The van der Waals surface area contributed by atoms with Crippen LogP contribution in [0.4, 0.5) is 4.39 Å². The van der Waals surface area contributed by atoms with Gasteiger partial charge in [-0.15, -0.1) is 0 Å². The number of benzene rings is 1. The zero-order valence-electron chi connectivity index (χ0n) is 7.10. The molecular weight excluding hydrogens is 237 g/mol. The van der Waals surface area contributed by atoms with E-state index in [2.05, 4.69) is 21.2 Å². The molecule has 1 amide bonds. The number of hydrogen-bond acceptors (Lipinski definition) is 1. The standard InChI is InChI=1S/C9H9BrFNO/c1-6(13)12-5-7-2-3-9(11)8(10)4-7/h2-4H,5H2,1H3,(H,12,13). The molecule has 0 saturated carbocycles. The summed E-state index contributed by atoms with van der Waals surface area (Å²) in [6.45, 7) is 1.87. The predicted molar refractivity (Wildman–Crippen MR) is 51.6 cm³/mol. The topological polar surface area (TPSA) is 29.1 Å². The van der Waals surface area contributed by atoms with Crippen LogP contribution in [0, 0.1) is 5.82 Å². The number of nitrogens with one attached hydrogen (secondary N) is 1. The van der Waals surface area contributed by atoms with Crippen LogP contribution in [0.15, 0.2) is 22.7 Å². The summed E-state index contributed by atoms with van der Waals surface area (Å²) in [5.74, 6) is -0.396. The maximum absolute atomic E-state index is 12.8. The normalized spacial score (nSPS) is 9.77. The Bertz CT molecular complexity index is 327. The second kappa shape index (κ2) is 4.37. The maximum atomic E-state index is 12.8. The Labute approximate surface area is 84.3 Å². The van der Waals surface area contributed by atoms with Crippen molar-refractivity contribution in [1.29, 1.82) is 0 Å². The van der Waals surface area contributed by atoms with Gasteiger partial charge in [0.1, 0.15) is 5.82 Å². The van der Waals surface area contributed by atoms with E-state index in [1.54, 1.807) is 12.1 Å². The Morgan fingerprint density at radius 3 is 2.85 bits per heavy atom. The van der Waals surface area contributed by atoms with Crippen molar-refractivity contribution in [2.75, 3.05) is 0 Å². The van der Waals surface area contributed by atoms with Gasteiger partial charge >= 0.3 is 0 Å². The summed E-state index contributed by atoms with van der Waals surface area (Å²) in [6.07, 6.45) is 0. The highest BCUT2D eigenvalue weighted by Gasteiger charge is 2.00. The first kappa shape index (κ1) is 10.2. The Kier molecular flexibility index (Phi) is 3.42. The highest BCUT2D eigenvalue weighted by molar-refractivity contribution is 9.10. The van der Waals surface area contributed by atoms with Gasteiger partial charge in [0, 0.05) is 13.5 Å². The molecule has 0 radical (unpaired) electrons. The van der Waals surface area contributed by atoms with Crippen molar-refractivity contribution in [1.82, 2.24) is 5.32 Å². The number of hydrogen-bond donors (Lipinski definition) is 1. The van der Waals surface area contributed by atoms with E-state index in [4.69, 9.17) is 0 Å². The Morgan fingerprint density at radius 1 is 1.62 bits per heavy atom. The first-order chi connectivity index (χ1) is 6.09. The van der Waals surface area contributed by atoms with E-state index in [9.17, 15) is 9.18 Å². The molecule has 0 saturated heterocycles. The number of carbonyl (C=O) groups excluding carboxylic acids is 1. The van der Waals surface area contributed by atoms with Crippen LogP contribution in [0.2, 0.25) is 0 Å². The summed E-state index contributed by atoms with van der Waals surface area (Å²) < 4.78 is 13.2. The van der Waals surface area contributed by atoms with Crippen LogP contribution in [-0.4, -0.2) is 5.91 Å². The van der Waals surface area contributed by atoms with Gasteiger partial charge in [0.25, 0.3) is 0 Å². The fourth-order valence-corrected chi connectivity index (χ4v) is 1.30. The van der Waals surface area contributed by atoms with Gasteiger partial charge in [-0.05, 0) is 33.6 Å². The number of halogens is 2. The molecule has 0 unspecified atom stereocenters. The molecule has 1 N–H and O–H groups in total. The van der Waals surface area contributed by atoms with E-state index in [1.807, 2.05) is 0 Å². The van der Waals surface area contributed by atoms with Crippen LogP contribution in [0.1, 0.15) is 12.5 Å². The minimum atomic E-state index is -0.299. The minimum Gasteiger partial charge on any atom is -0.352 e. The average molecular weight is 246 g/mol. The van der Waals surface area contributed by atoms with Gasteiger partial charge in [0.05, 0.1) is 4.47 Å². The average Bonchev–Trinajstić information content (AvgIpc) is 2.07. The first-order valence-electron chi connectivity index (χ1n) is 3.78. The van der Waals surface area contributed by atoms with E-state index in [0.29, 0.717) is 11.0 Å². The van der Waals surface area contributed by atoms with E-state index in [-0.39, 0.29) is 11.7 Å². The lowest BCUT2D eigenvalue weighted by atomic mass is 10.2. The zero-order chi connectivity index (χ0) is 9.84. The second-order valence-corrected chi connectivity index (χ2v) is 3.51. The molecule has 0 aromatic heterocycles. The Morgan fingerprint density at radius 2 is 2.31 bits per heavy atom. The molecule has 0 spiro atoms. The van der Waals surface area contributed by atoms with E-state index in [0.717, 1.165) is 5.56 Å². The molecule has 0 bridgehead atoms. The fourth-order valence-electron chi connectivity index (χ4n) is 0.876. The lowest BCUT2D eigenvalue weighted by molar-refractivity contribution is -0.119. The van der Waals surface area contributed by atoms with Crippen molar-refractivity contribution >= 4 is 21.8 Å². The molecule has 1 rings (SSSR count). The minimum absolute atomic E-state index is 0.0968. The highest BCUT2D eigenvalue weighted by atomic mass is 79.9. The van der Waals surface area contributed by atoms with Crippen LogP contribution in [0.25, 0.3) is 0 Å². The third-order valence-electron chi connectivity index (χ3n) is 1.53. The van der Waals surface area contributed by atoms with Gasteiger partial charge in [0.15, 0.2) is 0 Å². The van der Waals surface area contributed by atoms with Gasteiger partial charge in [-0.1, -0.05) is 6.07 Å². The predicted octanol–water partition coefficient (Wildman–Crippen LogP) is 2.22. The maximum Gasteiger partial charge on any atom is 0.217 e. The molecule has 0 aliphatic carbocycles. The van der Waals surface area contributed by atoms with Crippen molar-refractivity contribution < 1.29 is 9.18 Å². The van der Waals surface area contributed by atoms with Gasteiger partial charge < -0.3 is 5.32 Å². The molecule has 0 aliphatic heterocycles. The van der Waals surface area contributed by atoms with Crippen molar-refractivity contribution in [2.24, 2.45) is 0 Å². The monoisotopic (exact) mass is 245 g/mol. The molecule has 70 valence electrons. The van der Waals surface area contributed by atoms with Crippen LogP contribution < -0.4 is 5.32 Å². The van der Waals surface area contributed by atoms with E-state index < -0.39 is 0 Å². The number of carbonyl (C=O) groups is 1. The van der Waals surface area contributed by atoms with Crippen LogP contribution >= 0.6 is 15.9 Å². The highest BCUT2D eigenvalue weighted by Crippen LogP contribution is 2.16. The summed E-state index contributed by atoms with van der Waals surface area (Å²) in [4.78, 5) is 10.6. The number of rotatable bonds is 2. The van der Waals surface area contributed by atoms with Gasteiger partial charge in [-0.25, -0.2) is 4.39 Å². The lowest BCUT2D eigenvalue weighted by Gasteiger charge is -2.02. The van der Waals surface area contributed by atoms with E-state index >= 15 is 0 Å². The molecular formula is C9H9BrFNO. The first-order valence-corrected chi connectivity index (χ1v) is 4.57. The van der Waals surface area contributed by atoms with Crippen molar-refractivity contribution in [3.8, 4) is 0 Å². The largest absolute Gasteiger partial charge is 0.352 e.